The number of rotatable bonds is 3. The van der Waals surface area contributed by atoms with E-state index in [2.05, 4.69) is 5.32 Å². The number of hydrogen-bond donors (Lipinski definition) is 1. The van der Waals surface area contributed by atoms with Gasteiger partial charge in [0.05, 0.1) is 5.56 Å². The van der Waals surface area contributed by atoms with Crippen LogP contribution in [0.25, 0.3) is 0 Å². The summed E-state index contributed by atoms with van der Waals surface area (Å²) in [4.78, 5) is 14.4. The fraction of sp³-hybridized carbons (Fsp3) is 0.0952. The number of nitrogens with zero attached hydrogens (tertiary/aromatic N) is 1. The number of benzene rings is 3. The van der Waals surface area contributed by atoms with Gasteiger partial charge in [0.2, 0.25) is 0 Å². The van der Waals surface area contributed by atoms with Gasteiger partial charge in [-0.15, -0.1) is 0 Å². The van der Waals surface area contributed by atoms with E-state index in [0.717, 1.165) is 6.07 Å². The quantitative estimate of drug-likeness (QED) is 0.571. The van der Waals surface area contributed by atoms with Crippen molar-refractivity contribution in [3.63, 3.8) is 0 Å². The summed E-state index contributed by atoms with van der Waals surface area (Å²) in [5.74, 6) is -0.292. The van der Waals surface area contributed by atoms with Crippen molar-refractivity contribution < 1.29 is 18.0 Å². The average molecular weight is 403 g/mol. The van der Waals surface area contributed by atoms with Crippen molar-refractivity contribution in [2.24, 2.45) is 0 Å². The molecule has 0 saturated heterocycles. The molecule has 28 heavy (non-hydrogen) atoms. The highest BCUT2D eigenvalue weighted by molar-refractivity contribution is 6.30. The molecule has 0 spiro atoms. The van der Waals surface area contributed by atoms with Crippen molar-refractivity contribution in [1.29, 1.82) is 0 Å². The van der Waals surface area contributed by atoms with E-state index in [-0.39, 0.29) is 11.6 Å². The number of carbonyl (C=O) groups excluding carboxylic acids is 1. The monoisotopic (exact) mass is 402 g/mol. The van der Waals surface area contributed by atoms with Gasteiger partial charge in [0.25, 0.3) is 5.91 Å². The lowest BCUT2D eigenvalue weighted by molar-refractivity contribution is -0.137. The number of para-hydroxylation sites is 1. The largest absolute Gasteiger partial charge is 0.418 e. The Bertz CT molecular complexity index is 1030. The lowest BCUT2D eigenvalue weighted by Gasteiger charge is -2.28. The Morgan fingerprint density at radius 1 is 0.893 bits per heavy atom. The number of alkyl halides is 3. The van der Waals surface area contributed by atoms with E-state index in [1.54, 1.807) is 48.5 Å². The zero-order valence-corrected chi connectivity index (χ0v) is 15.1. The van der Waals surface area contributed by atoms with Crippen molar-refractivity contribution in [2.45, 2.75) is 12.3 Å². The Labute approximate surface area is 164 Å². The minimum absolute atomic E-state index is 0.0940. The highest BCUT2D eigenvalue weighted by Crippen LogP contribution is 2.41. The molecule has 0 radical (unpaired) electrons. The van der Waals surface area contributed by atoms with Crippen LogP contribution in [0.4, 0.5) is 24.5 Å². The summed E-state index contributed by atoms with van der Waals surface area (Å²) in [6, 6.07) is 18.7. The molecule has 0 bridgehead atoms. The maximum absolute atomic E-state index is 13.4. The number of halogens is 4. The first kappa shape index (κ1) is 18.4. The molecule has 0 fully saturated rings. The summed E-state index contributed by atoms with van der Waals surface area (Å²) in [5.41, 5.74) is 0.706. The van der Waals surface area contributed by atoms with E-state index in [4.69, 9.17) is 11.6 Å². The molecular formula is C21H14ClF3N2O. The maximum atomic E-state index is 13.4. The Morgan fingerprint density at radius 2 is 1.54 bits per heavy atom. The summed E-state index contributed by atoms with van der Waals surface area (Å²) in [6.45, 7) is 0. The van der Waals surface area contributed by atoms with E-state index in [1.807, 2.05) is 0 Å². The molecule has 1 N–H and O–H groups in total. The number of nitrogens with one attached hydrogen (secondary N) is 1. The van der Waals surface area contributed by atoms with Gasteiger partial charge in [0.15, 0.2) is 0 Å². The lowest BCUT2D eigenvalue weighted by Crippen LogP contribution is -2.32. The minimum atomic E-state index is -4.52. The third-order valence-electron chi connectivity index (χ3n) is 4.59. The van der Waals surface area contributed by atoms with Crippen LogP contribution in [0, 0.1) is 0 Å². The molecular weight excluding hydrogens is 389 g/mol. The van der Waals surface area contributed by atoms with Gasteiger partial charge >= 0.3 is 6.18 Å². The molecule has 0 aromatic heterocycles. The number of carbonyl (C=O) groups is 1. The van der Waals surface area contributed by atoms with Crippen LogP contribution >= 0.6 is 11.6 Å². The molecule has 1 unspecified atom stereocenters. The SMILES string of the molecule is O=C1c2ccccc2C(Nc2ccccc2C(F)(F)F)N1c1ccc(Cl)cc1. The van der Waals surface area contributed by atoms with E-state index in [9.17, 15) is 18.0 Å². The zero-order chi connectivity index (χ0) is 19.9. The van der Waals surface area contributed by atoms with E-state index in [0.29, 0.717) is 21.8 Å². The van der Waals surface area contributed by atoms with Crippen LogP contribution in [0.2, 0.25) is 5.02 Å². The normalized spacial score (nSPS) is 16.2. The van der Waals surface area contributed by atoms with Crippen molar-refractivity contribution >= 4 is 28.9 Å². The van der Waals surface area contributed by atoms with Crippen LogP contribution in [0.15, 0.2) is 72.8 Å². The number of hydrogen-bond acceptors (Lipinski definition) is 2. The molecule has 0 aliphatic carbocycles. The third kappa shape index (κ3) is 3.20. The first-order chi connectivity index (χ1) is 13.4. The van der Waals surface area contributed by atoms with Crippen LogP contribution < -0.4 is 10.2 Å². The highest BCUT2D eigenvalue weighted by atomic mass is 35.5. The van der Waals surface area contributed by atoms with Crippen molar-refractivity contribution in [3.05, 3.63) is 94.5 Å². The number of fused-ring (bicyclic) bond motifs is 1. The van der Waals surface area contributed by atoms with Crippen LogP contribution in [0.1, 0.15) is 27.7 Å². The van der Waals surface area contributed by atoms with Crippen molar-refractivity contribution in [1.82, 2.24) is 0 Å². The predicted molar refractivity (Wildman–Crippen MR) is 103 cm³/mol. The van der Waals surface area contributed by atoms with Gasteiger partial charge in [-0.1, -0.05) is 41.9 Å². The molecule has 4 rings (SSSR count). The van der Waals surface area contributed by atoms with Crippen LogP contribution in [0.5, 0.6) is 0 Å². The predicted octanol–water partition coefficient (Wildman–Crippen LogP) is 6.13. The van der Waals surface area contributed by atoms with Crippen LogP contribution in [-0.2, 0) is 6.18 Å². The molecule has 7 heteroatoms. The average Bonchev–Trinajstić information content (AvgIpc) is 2.95. The molecule has 3 aromatic rings. The summed E-state index contributed by atoms with van der Waals surface area (Å²) >= 11 is 5.94. The fourth-order valence-corrected chi connectivity index (χ4v) is 3.46. The van der Waals surface area contributed by atoms with E-state index < -0.39 is 17.9 Å². The number of anilines is 2. The molecule has 142 valence electrons. The second-order valence-electron chi connectivity index (χ2n) is 6.33. The van der Waals surface area contributed by atoms with Gasteiger partial charge in [-0.3, -0.25) is 9.69 Å². The summed E-state index contributed by atoms with van der Waals surface area (Å²) in [7, 11) is 0. The first-order valence-electron chi connectivity index (χ1n) is 8.47. The summed E-state index contributed by atoms with van der Waals surface area (Å²) < 4.78 is 40.3. The maximum Gasteiger partial charge on any atom is 0.418 e. The van der Waals surface area contributed by atoms with Gasteiger partial charge in [-0.2, -0.15) is 13.2 Å². The topological polar surface area (TPSA) is 32.3 Å². The minimum Gasteiger partial charge on any atom is -0.361 e. The molecule has 1 aliphatic rings. The molecule has 1 heterocycles. The van der Waals surface area contributed by atoms with Crippen LogP contribution in [0.3, 0.4) is 0 Å². The smallest absolute Gasteiger partial charge is 0.361 e. The Balaban J connectivity index is 1.81. The van der Waals surface area contributed by atoms with Gasteiger partial charge in [0.1, 0.15) is 6.17 Å². The van der Waals surface area contributed by atoms with Crippen molar-refractivity contribution in [3.8, 4) is 0 Å². The molecule has 1 atom stereocenters. The fourth-order valence-electron chi connectivity index (χ4n) is 3.33. The molecule has 1 aliphatic heterocycles. The second kappa shape index (κ2) is 6.87. The lowest BCUT2D eigenvalue weighted by atomic mass is 10.1. The summed E-state index contributed by atoms with van der Waals surface area (Å²) in [6.07, 6.45) is -5.30. The van der Waals surface area contributed by atoms with E-state index >= 15 is 0 Å². The standard InChI is InChI=1S/C21H14ClF3N2O/c22-13-9-11-14(12-10-13)27-19(15-5-1-2-6-16(15)20(27)28)26-18-8-4-3-7-17(18)21(23,24)25/h1-12,19,26H. The molecule has 0 saturated carbocycles. The number of amides is 1. The van der Waals surface area contributed by atoms with Crippen molar-refractivity contribution in [2.75, 3.05) is 10.2 Å². The van der Waals surface area contributed by atoms with E-state index in [1.165, 1.54) is 23.1 Å². The van der Waals surface area contributed by atoms with Gasteiger partial charge in [-0.05, 0) is 42.5 Å². The van der Waals surface area contributed by atoms with Crippen LogP contribution in [-0.4, -0.2) is 5.91 Å². The second-order valence-corrected chi connectivity index (χ2v) is 6.77. The Kier molecular flexibility index (Phi) is 4.51. The molecule has 3 nitrogen and oxygen atoms in total. The summed E-state index contributed by atoms with van der Waals surface area (Å²) in [5, 5.41) is 3.42. The zero-order valence-electron chi connectivity index (χ0n) is 14.4. The van der Waals surface area contributed by atoms with Gasteiger partial charge in [-0.25, -0.2) is 0 Å². The van der Waals surface area contributed by atoms with Gasteiger partial charge in [0, 0.05) is 27.5 Å². The Morgan fingerprint density at radius 3 is 2.25 bits per heavy atom. The third-order valence-corrected chi connectivity index (χ3v) is 4.84. The van der Waals surface area contributed by atoms with Gasteiger partial charge < -0.3 is 5.32 Å². The molecule has 3 aromatic carbocycles. The highest BCUT2D eigenvalue weighted by Gasteiger charge is 2.39. The molecule has 1 amide bonds. The first-order valence-corrected chi connectivity index (χ1v) is 8.85. The Hall–Kier alpha value is -2.99.